The lowest BCUT2D eigenvalue weighted by molar-refractivity contribution is 0.447. The minimum atomic E-state index is 0.395. The van der Waals surface area contributed by atoms with Gasteiger partial charge in [0.1, 0.15) is 11.5 Å². The van der Waals surface area contributed by atoms with E-state index < -0.39 is 0 Å². The van der Waals surface area contributed by atoms with Crippen LogP contribution in [0.15, 0.2) is 48.5 Å². The van der Waals surface area contributed by atoms with E-state index in [1.807, 2.05) is 0 Å². The number of ether oxygens (including phenoxy) is 1. The fourth-order valence-electron chi connectivity index (χ4n) is 5.51. The molecule has 0 bridgehead atoms. The highest BCUT2D eigenvalue weighted by molar-refractivity contribution is 9.10. The van der Waals surface area contributed by atoms with Crippen molar-refractivity contribution in [3.05, 3.63) is 59.7 Å². The van der Waals surface area contributed by atoms with Crippen LogP contribution in [0.5, 0.6) is 11.5 Å². The zero-order valence-electron chi connectivity index (χ0n) is 24.3. The number of alkyl halides is 6. The van der Waals surface area contributed by atoms with E-state index >= 15 is 0 Å². The fraction of sp³-hybridized carbons (Fsp3) is 0.647. The number of benzene rings is 2. The van der Waals surface area contributed by atoms with E-state index in [0.29, 0.717) is 21.5 Å². The first-order chi connectivity index (χ1) is 20.1. The maximum Gasteiger partial charge on any atom is 0.130 e. The van der Waals surface area contributed by atoms with Gasteiger partial charge in [0.05, 0.1) is 0 Å². The number of hydrogen-bond acceptors (Lipinski definition) is 1. The van der Waals surface area contributed by atoms with Gasteiger partial charge >= 0.3 is 0 Å². The zero-order valence-corrected chi connectivity index (χ0v) is 33.8. The first-order valence-electron chi connectivity index (χ1n) is 15.4. The van der Waals surface area contributed by atoms with Gasteiger partial charge in [0, 0.05) is 42.8 Å². The highest BCUT2D eigenvalue weighted by Crippen LogP contribution is 2.42. The highest BCUT2D eigenvalue weighted by Gasteiger charge is 2.26. The summed E-state index contributed by atoms with van der Waals surface area (Å²) < 4.78 is 6.85. The largest absolute Gasteiger partial charge is 0.457 e. The Labute approximate surface area is 301 Å². The maximum atomic E-state index is 6.85. The van der Waals surface area contributed by atoms with Gasteiger partial charge in [-0.25, -0.2) is 0 Å². The summed E-state index contributed by atoms with van der Waals surface area (Å²) in [5.41, 5.74) is 2.61. The summed E-state index contributed by atoms with van der Waals surface area (Å²) in [5.74, 6) is 2.77. The maximum absolute atomic E-state index is 6.85. The lowest BCUT2D eigenvalue weighted by Crippen LogP contribution is -2.16. The molecule has 41 heavy (non-hydrogen) atoms. The van der Waals surface area contributed by atoms with Gasteiger partial charge in [-0.3, -0.25) is 0 Å². The molecule has 4 unspecified atom stereocenters. The van der Waals surface area contributed by atoms with Gasteiger partial charge in [-0.05, 0) is 61.8 Å². The van der Waals surface area contributed by atoms with E-state index in [1.54, 1.807) is 0 Å². The first kappa shape index (κ1) is 38.3. The van der Waals surface area contributed by atoms with E-state index in [9.17, 15) is 0 Å². The quantitative estimate of drug-likeness (QED) is 0.0753. The summed E-state index contributed by atoms with van der Waals surface area (Å²) in [6.07, 6.45) is 17.5. The van der Waals surface area contributed by atoms with Crippen molar-refractivity contribution < 1.29 is 4.74 Å². The molecule has 0 spiro atoms. The monoisotopic (exact) mass is 946 g/mol. The topological polar surface area (TPSA) is 9.23 Å². The molecule has 2 aromatic rings. The molecule has 0 fully saturated rings. The second kappa shape index (κ2) is 24.4. The predicted molar refractivity (Wildman–Crippen MR) is 204 cm³/mol. The van der Waals surface area contributed by atoms with Crippen LogP contribution in [0.1, 0.15) is 113 Å². The van der Waals surface area contributed by atoms with Gasteiger partial charge in [-0.1, -0.05) is 183 Å². The van der Waals surface area contributed by atoms with Gasteiger partial charge in [0.2, 0.25) is 0 Å². The second-order valence-corrected chi connectivity index (χ2v) is 16.4. The summed E-state index contributed by atoms with van der Waals surface area (Å²) in [5, 5.41) is 4.19. The summed E-state index contributed by atoms with van der Waals surface area (Å²) in [7, 11) is 0. The van der Waals surface area contributed by atoms with Crippen LogP contribution < -0.4 is 4.74 Å². The van der Waals surface area contributed by atoms with Crippen LogP contribution in [-0.2, 0) is 0 Å². The first-order valence-corrected chi connectivity index (χ1v) is 21.8. The third-order valence-corrected chi connectivity index (χ3v) is 12.0. The molecule has 0 saturated heterocycles. The lowest BCUT2D eigenvalue weighted by Gasteiger charge is -2.27. The van der Waals surface area contributed by atoms with Crippen molar-refractivity contribution in [1.29, 1.82) is 0 Å². The van der Waals surface area contributed by atoms with Crippen molar-refractivity contribution >= 4 is 95.6 Å². The average Bonchev–Trinajstić information content (AvgIpc) is 2.99. The molecule has 0 radical (unpaired) electrons. The minimum Gasteiger partial charge on any atom is -0.457 e. The normalized spacial score (nSPS) is 14.5. The molecule has 2 rings (SSSR count). The van der Waals surface area contributed by atoms with Crippen LogP contribution in [-0.4, -0.2) is 31.0 Å². The number of unbranched alkanes of at least 4 members (excludes halogenated alkanes) is 8. The lowest BCUT2D eigenvalue weighted by atomic mass is 9.89. The summed E-state index contributed by atoms with van der Waals surface area (Å²) in [4.78, 5) is 0.859. The Hall–Kier alpha value is 1.12. The third-order valence-electron chi connectivity index (χ3n) is 7.80. The smallest absolute Gasteiger partial charge is 0.130 e. The minimum absolute atomic E-state index is 0.395. The Balaban J connectivity index is 2.18. The van der Waals surface area contributed by atoms with Crippen LogP contribution in [0.2, 0.25) is 0 Å². The number of rotatable bonds is 24. The van der Waals surface area contributed by atoms with Crippen molar-refractivity contribution in [2.24, 2.45) is 0 Å². The predicted octanol–water partition coefficient (Wildman–Crippen LogP) is 14.2. The molecule has 0 N–H and O–H groups in total. The molecule has 0 aliphatic carbocycles. The summed E-state index contributed by atoms with van der Waals surface area (Å²) in [6.45, 7) is 0. The number of hydrogen-bond donors (Lipinski definition) is 0. The molecule has 4 atom stereocenters. The van der Waals surface area contributed by atoms with Crippen LogP contribution in [0.3, 0.4) is 0 Å². The molecule has 0 heterocycles. The van der Waals surface area contributed by atoms with Gasteiger partial charge in [-0.15, -0.1) is 0 Å². The molecule has 2 aromatic carbocycles. The molecule has 232 valence electrons. The molecular formula is C34H48Br6O. The van der Waals surface area contributed by atoms with Crippen LogP contribution in [0.25, 0.3) is 0 Å². The fourth-order valence-corrected chi connectivity index (χ4v) is 9.03. The molecule has 1 nitrogen and oxygen atoms in total. The Bertz CT molecular complexity index is 852. The number of halogens is 6. The third kappa shape index (κ3) is 14.8. The van der Waals surface area contributed by atoms with Crippen molar-refractivity contribution in [3.63, 3.8) is 0 Å². The molecule has 0 saturated carbocycles. The standard InChI is InChI=1S/C34H48Br6O/c35-23-13-5-1-3-7-17-31(39)27(21-25-37)29-15-9-11-19-33(29)41-34-20-12-10-16-30(34)28(22-26-38)32(40)18-8-4-2-6-14-24-36/h9-12,15-16,19-20,27-28,31-32H,1-8,13-14,17-18,21-26H2. The van der Waals surface area contributed by atoms with Crippen molar-refractivity contribution in [3.8, 4) is 11.5 Å². The van der Waals surface area contributed by atoms with E-state index in [1.165, 1.54) is 88.2 Å². The Morgan fingerprint density at radius 1 is 0.439 bits per heavy atom. The Morgan fingerprint density at radius 3 is 1.20 bits per heavy atom. The average molecular weight is 952 g/mol. The van der Waals surface area contributed by atoms with Crippen molar-refractivity contribution in [2.45, 2.75) is 111 Å². The van der Waals surface area contributed by atoms with E-state index in [-0.39, 0.29) is 0 Å². The van der Waals surface area contributed by atoms with Gasteiger partial charge < -0.3 is 4.74 Å². The molecule has 7 heteroatoms. The molecule has 0 aliphatic rings. The zero-order chi connectivity index (χ0) is 29.7. The molecular weight excluding hydrogens is 904 g/mol. The molecule has 0 amide bonds. The van der Waals surface area contributed by atoms with Gasteiger partial charge in [-0.2, -0.15) is 0 Å². The Morgan fingerprint density at radius 2 is 0.805 bits per heavy atom. The van der Waals surface area contributed by atoms with E-state index in [0.717, 1.165) is 45.7 Å². The Kier molecular flexibility index (Phi) is 22.8. The second-order valence-electron chi connectivity index (χ2n) is 10.9. The van der Waals surface area contributed by atoms with E-state index in [2.05, 4.69) is 144 Å². The summed E-state index contributed by atoms with van der Waals surface area (Å²) in [6, 6.07) is 17.4. The number of para-hydroxylation sites is 2. The van der Waals surface area contributed by atoms with Gasteiger partial charge in [0.15, 0.2) is 0 Å². The van der Waals surface area contributed by atoms with Crippen molar-refractivity contribution in [1.82, 2.24) is 0 Å². The molecule has 0 aromatic heterocycles. The molecule has 0 aliphatic heterocycles. The highest BCUT2D eigenvalue weighted by atomic mass is 79.9. The van der Waals surface area contributed by atoms with E-state index in [4.69, 9.17) is 4.74 Å². The van der Waals surface area contributed by atoms with Crippen LogP contribution in [0.4, 0.5) is 0 Å². The van der Waals surface area contributed by atoms with Crippen molar-refractivity contribution in [2.75, 3.05) is 21.3 Å². The SMILES string of the molecule is BrCCCCCCCC(Br)C(CCBr)c1ccccc1Oc1ccccc1C(CCBr)C(Br)CCCCCCCBr. The van der Waals surface area contributed by atoms with Gasteiger partial charge in [0.25, 0.3) is 0 Å². The van der Waals surface area contributed by atoms with Crippen LogP contribution >= 0.6 is 95.6 Å². The summed E-state index contributed by atoms with van der Waals surface area (Å²) >= 11 is 22.8. The van der Waals surface area contributed by atoms with Crippen LogP contribution in [0, 0.1) is 0 Å².